The van der Waals surface area contributed by atoms with Gasteiger partial charge in [-0.05, 0) is 25.5 Å². The lowest BCUT2D eigenvalue weighted by Crippen LogP contribution is -2.35. The van der Waals surface area contributed by atoms with Crippen LogP contribution < -0.4 is 0 Å². The van der Waals surface area contributed by atoms with Crippen molar-refractivity contribution in [2.24, 2.45) is 0 Å². The van der Waals surface area contributed by atoms with Gasteiger partial charge in [-0.2, -0.15) is 9.78 Å². The summed E-state index contributed by atoms with van der Waals surface area (Å²) in [7, 11) is -4.53. The Balaban J connectivity index is 2.49. The maximum Gasteiger partial charge on any atom is 0.344 e. The Morgan fingerprint density at radius 2 is 2.00 bits per heavy atom. The van der Waals surface area contributed by atoms with E-state index < -0.39 is 37.4 Å². The minimum Gasteiger partial charge on any atom is -0.323 e. The minimum atomic E-state index is -4.53. The largest absolute Gasteiger partial charge is 0.344 e. The first-order chi connectivity index (χ1) is 11.7. The quantitative estimate of drug-likeness (QED) is 0.783. The molecule has 0 bridgehead atoms. The van der Waals surface area contributed by atoms with Gasteiger partial charge in [-0.3, -0.25) is 0 Å². The second-order valence-electron chi connectivity index (χ2n) is 5.14. The number of nitrogens with zero attached hydrogens (tertiary/aromatic N) is 3. The molecular weight excluding hydrogens is 376 g/mol. The van der Waals surface area contributed by atoms with Gasteiger partial charge in [0.2, 0.25) is 14.9 Å². The number of carbonyl (C=O) groups excluding carboxylic acids is 1. The zero-order chi connectivity index (χ0) is 18.8. The van der Waals surface area contributed by atoms with Crippen molar-refractivity contribution in [3.63, 3.8) is 0 Å². The summed E-state index contributed by atoms with van der Waals surface area (Å²) in [5.74, 6) is -2.84. The number of hydrogen-bond acceptors (Lipinski definition) is 4. The Morgan fingerprint density at radius 1 is 1.32 bits per heavy atom. The van der Waals surface area contributed by atoms with Gasteiger partial charge in [0.25, 0.3) is 0 Å². The average molecular weight is 392 g/mol. The zero-order valence-electron chi connectivity index (χ0n) is 13.5. The number of halogens is 3. The number of amides is 1. The van der Waals surface area contributed by atoms with Crippen molar-refractivity contribution in [1.29, 1.82) is 0 Å². The van der Waals surface area contributed by atoms with Crippen LogP contribution in [0.1, 0.15) is 20.3 Å². The van der Waals surface area contributed by atoms with Crippen LogP contribution in [0.2, 0.25) is 5.02 Å². The molecule has 0 unspecified atom stereocenters. The molecule has 25 heavy (non-hydrogen) atoms. The normalized spacial score (nSPS) is 11.6. The summed E-state index contributed by atoms with van der Waals surface area (Å²) in [6.45, 7) is 4.49. The lowest BCUT2D eigenvalue weighted by Gasteiger charge is -2.19. The molecule has 10 heteroatoms. The summed E-state index contributed by atoms with van der Waals surface area (Å²) in [5, 5.41) is 2.63. The zero-order valence-corrected chi connectivity index (χ0v) is 15.1. The van der Waals surface area contributed by atoms with Crippen LogP contribution in [-0.2, 0) is 9.84 Å². The number of rotatable bonds is 5. The van der Waals surface area contributed by atoms with E-state index in [1.807, 2.05) is 6.92 Å². The van der Waals surface area contributed by atoms with Gasteiger partial charge < -0.3 is 4.90 Å². The fourth-order valence-electron chi connectivity index (χ4n) is 2.22. The number of benzene rings is 1. The van der Waals surface area contributed by atoms with Crippen molar-refractivity contribution in [2.75, 3.05) is 13.1 Å². The third-order valence-electron chi connectivity index (χ3n) is 3.44. The highest BCUT2D eigenvalue weighted by Crippen LogP contribution is 2.28. The first kappa shape index (κ1) is 19.3. The molecular formula is C15H16ClF2N3O3S. The van der Waals surface area contributed by atoms with Crippen LogP contribution in [0.25, 0.3) is 0 Å². The fraction of sp³-hybridized carbons (Fsp3) is 0.333. The second kappa shape index (κ2) is 7.49. The Kier molecular flexibility index (Phi) is 5.79. The standard InChI is InChI=1S/C15H16ClF2N3O3S/c1-3-8-20(4-2)15(22)21-9-10(16)14(19-21)25(23,24)12-7-5-6-11(17)13(12)18/h5-7,9H,3-4,8H2,1-2H3. The SMILES string of the molecule is CCCN(CC)C(=O)n1cc(Cl)c(S(=O)(=O)c2cccc(F)c2F)n1. The van der Waals surface area contributed by atoms with Crippen LogP contribution >= 0.6 is 11.6 Å². The van der Waals surface area contributed by atoms with Gasteiger partial charge in [0, 0.05) is 13.1 Å². The lowest BCUT2D eigenvalue weighted by atomic mass is 10.3. The number of aromatic nitrogens is 2. The molecule has 0 spiro atoms. The van der Waals surface area contributed by atoms with E-state index in [0.717, 1.165) is 29.1 Å². The van der Waals surface area contributed by atoms with E-state index in [1.165, 1.54) is 4.90 Å². The highest BCUT2D eigenvalue weighted by molar-refractivity contribution is 7.91. The Bertz CT molecular complexity index is 899. The van der Waals surface area contributed by atoms with Crippen LogP contribution in [0.5, 0.6) is 0 Å². The molecule has 0 saturated carbocycles. The fourth-order valence-corrected chi connectivity index (χ4v) is 3.96. The number of hydrogen-bond donors (Lipinski definition) is 0. The van der Waals surface area contributed by atoms with Crippen molar-refractivity contribution >= 4 is 27.5 Å². The van der Waals surface area contributed by atoms with Gasteiger partial charge in [-0.15, -0.1) is 0 Å². The summed E-state index contributed by atoms with van der Waals surface area (Å²) >= 11 is 5.89. The van der Waals surface area contributed by atoms with Gasteiger partial charge >= 0.3 is 6.03 Å². The van der Waals surface area contributed by atoms with Crippen LogP contribution in [0, 0.1) is 11.6 Å². The molecule has 0 atom stereocenters. The monoisotopic (exact) mass is 391 g/mol. The van der Waals surface area contributed by atoms with Crippen LogP contribution in [-0.4, -0.2) is 42.2 Å². The van der Waals surface area contributed by atoms with E-state index in [1.54, 1.807) is 6.92 Å². The smallest absolute Gasteiger partial charge is 0.323 e. The van der Waals surface area contributed by atoms with Gasteiger partial charge in [0.05, 0.1) is 11.2 Å². The van der Waals surface area contributed by atoms with Crippen LogP contribution in [0.4, 0.5) is 13.6 Å². The molecule has 1 heterocycles. The topological polar surface area (TPSA) is 72.3 Å². The first-order valence-corrected chi connectivity index (χ1v) is 9.33. The molecule has 0 fully saturated rings. The summed E-state index contributed by atoms with van der Waals surface area (Å²) in [6, 6.07) is 2.19. The second-order valence-corrected chi connectivity index (χ2v) is 7.38. The van der Waals surface area contributed by atoms with Crippen molar-refractivity contribution in [2.45, 2.75) is 30.2 Å². The van der Waals surface area contributed by atoms with E-state index in [4.69, 9.17) is 11.6 Å². The van der Waals surface area contributed by atoms with E-state index >= 15 is 0 Å². The molecule has 0 aliphatic rings. The molecule has 0 N–H and O–H groups in total. The summed E-state index contributed by atoms with van der Waals surface area (Å²) in [4.78, 5) is 12.9. The summed E-state index contributed by atoms with van der Waals surface area (Å²) < 4.78 is 53.1. The molecule has 2 rings (SSSR count). The van der Waals surface area contributed by atoms with Crippen molar-refractivity contribution in [3.05, 3.63) is 41.1 Å². The molecule has 1 aromatic carbocycles. The molecule has 2 aromatic rings. The number of sulfone groups is 1. The molecule has 1 amide bonds. The molecule has 0 aliphatic heterocycles. The minimum absolute atomic E-state index is 0.357. The van der Waals surface area contributed by atoms with Crippen LogP contribution in [0.15, 0.2) is 34.3 Å². The van der Waals surface area contributed by atoms with E-state index in [-0.39, 0.29) is 5.02 Å². The van der Waals surface area contributed by atoms with Crippen molar-refractivity contribution < 1.29 is 22.0 Å². The van der Waals surface area contributed by atoms with Gasteiger partial charge in [0.1, 0.15) is 4.90 Å². The predicted molar refractivity (Wildman–Crippen MR) is 87.4 cm³/mol. The molecule has 136 valence electrons. The Labute approximate surface area is 148 Å². The third kappa shape index (κ3) is 3.67. The average Bonchev–Trinajstić information content (AvgIpc) is 2.97. The van der Waals surface area contributed by atoms with E-state index in [2.05, 4.69) is 5.10 Å². The van der Waals surface area contributed by atoms with Gasteiger partial charge in [-0.1, -0.05) is 24.6 Å². The molecule has 6 nitrogen and oxygen atoms in total. The molecule has 1 aromatic heterocycles. The summed E-state index contributed by atoms with van der Waals surface area (Å²) in [6.07, 6.45) is 1.74. The van der Waals surface area contributed by atoms with E-state index in [9.17, 15) is 22.0 Å². The highest BCUT2D eigenvalue weighted by Gasteiger charge is 2.30. The lowest BCUT2D eigenvalue weighted by molar-refractivity contribution is 0.198. The molecule has 0 radical (unpaired) electrons. The van der Waals surface area contributed by atoms with Gasteiger partial charge in [-0.25, -0.2) is 22.0 Å². The highest BCUT2D eigenvalue weighted by atomic mass is 35.5. The predicted octanol–water partition coefficient (Wildman–Crippen LogP) is 3.35. The van der Waals surface area contributed by atoms with Crippen LogP contribution in [0.3, 0.4) is 0 Å². The summed E-state index contributed by atoms with van der Waals surface area (Å²) in [5.41, 5.74) is 0. The third-order valence-corrected chi connectivity index (χ3v) is 5.53. The van der Waals surface area contributed by atoms with Gasteiger partial charge in [0.15, 0.2) is 11.6 Å². The molecule has 0 saturated heterocycles. The maximum absolute atomic E-state index is 13.9. The first-order valence-electron chi connectivity index (χ1n) is 7.47. The Morgan fingerprint density at radius 3 is 2.60 bits per heavy atom. The van der Waals surface area contributed by atoms with Crippen molar-refractivity contribution in [3.8, 4) is 0 Å². The van der Waals surface area contributed by atoms with E-state index in [0.29, 0.717) is 19.5 Å². The number of carbonyl (C=O) groups is 1. The van der Waals surface area contributed by atoms with Crippen molar-refractivity contribution in [1.82, 2.24) is 14.7 Å². The maximum atomic E-state index is 13.9. The molecule has 0 aliphatic carbocycles. The Hall–Kier alpha value is -2.00.